The van der Waals surface area contributed by atoms with Gasteiger partial charge in [-0.3, -0.25) is 5.10 Å². The predicted molar refractivity (Wildman–Crippen MR) is 74.3 cm³/mol. The number of nitrogens with one attached hydrogen (secondary N) is 1. The van der Waals surface area contributed by atoms with Crippen LogP contribution in [0.25, 0.3) is 0 Å². The smallest absolute Gasteiger partial charge is 0.134 e. The Morgan fingerprint density at radius 3 is 3.00 bits per heavy atom. The van der Waals surface area contributed by atoms with Gasteiger partial charge in [-0.25, -0.2) is 9.97 Å². The molecule has 19 heavy (non-hydrogen) atoms. The molecule has 3 rings (SSSR count). The third-order valence-corrected chi connectivity index (χ3v) is 3.52. The van der Waals surface area contributed by atoms with Crippen LogP contribution < -0.4 is 9.80 Å². The molecule has 1 atom stereocenters. The SMILES string of the molecule is CN(C)c1cc(N2CCCC2c2ccn[nH]2)ncn1. The molecule has 1 N–H and O–H groups in total. The van der Waals surface area contributed by atoms with Crippen LogP contribution in [-0.2, 0) is 0 Å². The van der Waals surface area contributed by atoms with Gasteiger partial charge in [0, 0.05) is 32.9 Å². The van der Waals surface area contributed by atoms with E-state index in [1.165, 1.54) is 6.42 Å². The van der Waals surface area contributed by atoms with Gasteiger partial charge < -0.3 is 9.80 Å². The summed E-state index contributed by atoms with van der Waals surface area (Å²) in [6, 6.07) is 4.42. The van der Waals surface area contributed by atoms with E-state index in [0.717, 1.165) is 30.3 Å². The van der Waals surface area contributed by atoms with Crippen LogP contribution in [0.3, 0.4) is 0 Å². The van der Waals surface area contributed by atoms with Crippen LogP contribution in [0, 0.1) is 0 Å². The van der Waals surface area contributed by atoms with Crippen molar-refractivity contribution in [1.82, 2.24) is 20.2 Å². The summed E-state index contributed by atoms with van der Waals surface area (Å²) < 4.78 is 0. The molecular formula is C13H18N6. The van der Waals surface area contributed by atoms with E-state index in [4.69, 9.17) is 0 Å². The Labute approximate surface area is 112 Å². The summed E-state index contributed by atoms with van der Waals surface area (Å²) in [4.78, 5) is 13.0. The largest absolute Gasteiger partial charge is 0.363 e. The molecule has 1 unspecified atom stereocenters. The highest BCUT2D eigenvalue weighted by molar-refractivity contribution is 5.51. The topological polar surface area (TPSA) is 60.9 Å². The van der Waals surface area contributed by atoms with Crippen LogP contribution in [0.2, 0.25) is 0 Å². The highest BCUT2D eigenvalue weighted by Gasteiger charge is 2.28. The minimum Gasteiger partial charge on any atom is -0.363 e. The van der Waals surface area contributed by atoms with E-state index >= 15 is 0 Å². The van der Waals surface area contributed by atoms with Crippen molar-refractivity contribution in [2.24, 2.45) is 0 Å². The first-order valence-electron chi connectivity index (χ1n) is 6.51. The fourth-order valence-electron chi connectivity index (χ4n) is 2.56. The molecule has 6 nitrogen and oxygen atoms in total. The van der Waals surface area contributed by atoms with Crippen LogP contribution >= 0.6 is 0 Å². The molecule has 3 heterocycles. The summed E-state index contributed by atoms with van der Waals surface area (Å²) in [6.45, 7) is 1.02. The van der Waals surface area contributed by atoms with E-state index in [-0.39, 0.29) is 0 Å². The first kappa shape index (κ1) is 12.0. The summed E-state index contributed by atoms with van der Waals surface area (Å²) in [5.41, 5.74) is 1.16. The molecule has 1 aliphatic heterocycles. The molecule has 1 aliphatic rings. The summed E-state index contributed by atoms with van der Waals surface area (Å²) in [5.74, 6) is 1.91. The second-order valence-electron chi connectivity index (χ2n) is 4.99. The van der Waals surface area contributed by atoms with E-state index in [0.29, 0.717) is 6.04 Å². The predicted octanol–water partition coefficient (Wildman–Crippen LogP) is 1.61. The molecule has 2 aromatic rings. The Balaban J connectivity index is 1.90. The van der Waals surface area contributed by atoms with Crippen LogP contribution in [0.4, 0.5) is 11.6 Å². The summed E-state index contributed by atoms with van der Waals surface area (Å²) >= 11 is 0. The van der Waals surface area contributed by atoms with Gasteiger partial charge in [0.1, 0.15) is 18.0 Å². The molecule has 2 aromatic heterocycles. The van der Waals surface area contributed by atoms with Crippen LogP contribution in [-0.4, -0.2) is 40.8 Å². The Bertz CT molecular complexity index is 536. The number of rotatable bonds is 3. The Morgan fingerprint density at radius 2 is 2.26 bits per heavy atom. The maximum absolute atomic E-state index is 4.42. The fraction of sp³-hybridized carbons (Fsp3) is 0.462. The molecule has 0 aromatic carbocycles. The third kappa shape index (κ3) is 2.25. The molecule has 100 valence electrons. The average molecular weight is 258 g/mol. The Kier molecular flexibility index (Phi) is 3.06. The highest BCUT2D eigenvalue weighted by Crippen LogP contribution is 2.34. The molecule has 0 saturated carbocycles. The van der Waals surface area contributed by atoms with E-state index in [1.807, 2.05) is 31.1 Å². The quantitative estimate of drug-likeness (QED) is 0.906. The van der Waals surface area contributed by atoms with Crippen molar-refractivity contribution < 1.29 is 0 Å². The standard InChI is InChI=1S/C13H18N6/c1-18(2)12-8-13(15-9-14-12)19-7-3-4-11(19)10-5-6-16-17-10/h5-6,8-9,11H,3-4,7H2,1-2H3,(H,16,17). The Morgan fingerprint density at radius 1 is 1.37 bits per heavy atom. The molecule has 0 radical (unpaired) electrons. The van der Waals surface area contributed by atoms with Gasteiger partial charge in [0.15, 0.2) is 0 Å². The molecule has 1 fully saturated rings. The molecule has 0 bridgehead atoms. The molecule has 0 amide bonds. The third-order valence-electron chi connectivity index (χ3n) is 3.52. The molecular weight excluding hydrogens is 240 g/mol. The zero-order valence-corrected chi connectivity index (χ0v) is 11.2. The van der Waals surface area contributed by atoms with Crippen molar-refractivity contribution in [1.29, 1.82) is 0 Å². The van der Waals surface area contributed by atoms with Crippen molar-refractivity contribution in [2.75, 3.05) is 30.4 Å². The van der Waals surface area contributed by atoms with Gasteiger partial charge in [-0.1, -0.05) is 0 Å². The lowest BCUT2D eigenvalue weighted by atomic mass is 10.1. The van der Waals surface area contributed by atoms with E-state index in [1.54, 1.807) is 12.5 Å². The number of anilines is 2. The second-order valence-corrected chi connectivity index (χ2v) is 4.99. The average Bonchev–Trinajstić information content (AvgIpc) is 3.09. The van der Waals surface area contributed by atoms with Gasteiger partial charge in [0.25, 0.3) is 0 Å². The number of nitrogens with zero attached hydrogens (tertiary/aromatic N) is 5. The van der Waals surface area contributed by atoms with Crippen molar-refractivity contribution >= 4 is 11.6 Å². The number of aromatic nitrogens is 4. The van der Waals surface area contributed by atoms with Gasteiger partial charge in [0.05, 0.1) is 11.7 Å². The van der Waals surface area contributed by atoms with Crippen molar-refractivity contribution in [3.05, 3.63) is 30.4 Å². The fourth-order valence-corrected chi connectivity index (χ4v) is 2.56. The maximum Gasteiger partial charge on any atom is 0.134 e. The zero-order chi connectivity index (χ0) is 13.2. The first-order chi connectivity index (χ1) is 9.25. The van der Waals surface area contributed by atoms with Crippen molar-refractivity contribution in [3.63, 3.8) is 0 Å². The lowest BCUT2D eigenvalue weighted by molar-refractivity contribution is 0.683. The Hall–Kier alpha value is -2.11. The number of H-pyrrole nitrogens is 1. The second kappa shape index (κ2) is 4.87. The van der Waals surface area contributed by atoms with E-state index in [9.17, 15) is 0 Å². The highest BCUT2D eigenvalue weighted by atomic mass is 15.3. The van der Waals surface area contributed by atoms with Gasteiger partial charge >= 0.3 is 0 Å². The minimum atomic E-state index is 0.340. The van der Waals surface area contributed by atoms with Crippen LogP contribution in [0.15, 0.2) is 24.7 Å². The van der Waals surface area contributed by atoms with Crippen LogP contribution in [0.5, 0.6) is 0 Å². The number of aromatic amines is 1. The van der Waals surface area contributed by atoms with Gasteiger partial charge in [-0.2, -0.15) is 5.10 Å². The van der Waals surface area contributed by atoms with Crippen molar-refractivity contribution in [2.45, 2.75) is 18.9 Å². The lowest BCUT2D eigenvalue weighted by Gasteiger charge is -2.25. The normalized spacial score (nSPS) is 18.8. The van der Waals surface area contributed by atoms with Gasteiger partial charge in [-0.05, 0) is 18.9 Å². The molecule has 0 aliphatic carbocycles. The monoisotopic (exact) mass is 258 g/mol. The summed E-state index contributed by atoms with van der Waals surface area (Å²) in [6.07, 6.45) is 5.73. The zero-order valence-electron chi connectivity index (χ0n) is 11.2. The van der Waals surface area contributed by atoms with Gasteiger partial charge in [0.2, 0.25) is 0 Å². The number of hydrogen-bond donors (Lipinski definition) is 1. The molecule has 6 heteroatoms. The van der Waals surface area contributed by atoms with Crippen LogP contribution in [0.1, 0.15) is 24.6 Å². The molecule has 0 spiro atoms. The van der Waals surface area contributed by atoms with Crippen molar-refractivity contribution in [3.8, 4) is 0 Å². The van der Waals surface area contributed by atoms with Gasteiger partial charge in [-0.15, -0.1) is 0 Å². The van der Waals surface area contributed by atoms with E-state index < -0.39 is 0 Å². The van der Waals surface area contributed by atoms with E-state index in [2.05, 4.69) is 25.1 Å². The summed E-state index contributed by atoms with van der Waals surface area (Å²) in [7, 11) is 3.98. The lowest BCUT2D eigenvalue weighted by Crippen LogP contribution is -2.24. The molecule has 1 saturated heterocycles. The first-order valence-corrected chi connectivity index (χ1v) is 6.51. The summed E-state index contributed by atoms with van der Waals surface area (Å²) in [5, 5.41) is 7.12. The maximum atomic E-state index is 4.42. The minimum absolute atomic E-state index is 0.340. The number of hydrogen-bond acceptors (Lipinski definition) is 5.